The Kier molecular flexibility index (Phi) is 7.84. The van der Waals surface area contributed by atoms with Crippen LogP contribution in [-0.4, -0.2) is 70.6 Å². The fourth-order valence-electron chi connectivity index (χ4n) is 5.64. The number of nitrogens with zero attached hydrogens (tertiary/aromatic N) is 10. The maximum absolute atomic E-state index is 9.07. The zero-order valence-electron chi connectivity index (χ0n) is 25.1. The Morgan fingerprint density at radius 1 is 0.913 bits per heavy atom. The molecule has 13 nitrogen and oxygen atoms in total. The molecule has 228 valence electrons. The predicted molar refractivity (Wildman–Crippen MR) is 173 cm³/mol. The van der Waals surface area contributed by atoms with Crippen LogP contribution in [0.25, 0.3) is 39.6 Å². The SMILES string of the molecule is COc1ccc(-c2ccc3nc(-c4nccnc4N)n(-c4ccc(CN5CCC(Nc6ccnc(C#N)n6)CC5)cc4)c3n2)cn1. The Hall–Kier alpha value is -6.00. The summed E-state index contributed by atoms with van der Waals surface area (Å²) < 4.78 is 7.19. The van der Waals surface area contributed by atoms with E-state index < -0.39 is 0 Å². The second-order valence-electron chi connectivity index (χ2n) is 10.9. The molecule has 1 fully saturated rings. The third-order valence-electron chi connectivity index (χ3n) is 7.98. The maximum Gasteiger partial charge on any atom is 0.234 e. The number of aromatic nitrogens is 8. The standard InChI is InChI=1S/C33H30N12O/c1-46-29-9-4-22(19-39-29)25-7-8-26-32(41-25)45(33(42-26)30-31(35)38-15-14-37-30)24-5-2-21(3-6-24)20-44-16-11-23(12-17-44)40-27-10-13-36-28(18-34)43-27/h2-10,13-15,19,23H,11-12,16-17,20H2,1H3,(H2,35,38)(H,36,40,43). The average molecular weight is 611 g/mol. The number of nitrogen functional groups attached to an aromatic ring is 1. The minimum absolute atomic E-state index is 0.174. The van der Waals surface area contributed by atoms with Gasteiger partial charge in [-0.25, -0.2) is 34.9 Å². The number of hydrogen-bond acceptors (Lipinski definition) is 12. The van der Waals surface area contributed by atoms with Gasteiger partial charge in [-0.1, -0.05) is 12.1 Å². The number of nitrogens with one attached hydrogen (secondary N) is 1. The van der Waals surface area contributed by atoms with E-state index in [1.807, 2.05) is 34.9 Å². The van der Waals surface area contributed by atoms with E-state index in [2.05, 4.69) is 59.4 Å². The number of benzene rings is 1. The number of anilines is 2. The zero-order chi connectivity index (χ0) is 31.5. The molecule has 6 heterocycles. The summed E-state index contributed by atoms with van der Waals surface area (Å²) in [6, 6.07) is 20.1. The van der Waals surface area contributed by atoms with E-state index in [4.69, 9.17) is 25.7 Å². The highest BCUT2D eigenvalue weighted by Gasteiger charge is 2.22. The molecule has 1 aliphatic heterocycles. The molecule has 1 saturated heterocycles. The quantitative estimate of drug-likeness (QED) is 0.251. The van der Waals surface area contributed by atoms with Crippen molar-refractivity contribution in [3.05, 3.63) is 90.8 Å². The lowest BCUT2D eigenvalue weighted by Crippen LogP contribution is -2.38. The first-order valence-corrected chi connectivity index (χ1v) is 14.9. The lowest BCUT2D eigenvalue weighted by Gasteiger charge is -2.32. The second-order valence-corrected chi connectivity index (χ2v) is 10.9. The first-order chi connectivity index (χ1) is 22.6. The number of pyridine rings is 2. The van der Waals surface area contributed by atoms with Crippen LogP contribution in [0.4, 0.5) is 11.6 Å². The zero-order valence-corrected chi connectivity index (χ0v) is 25.1. The fraction of sp³-hybridized carbons (Fsp3) is 0.212. The Morgan fingerprint density at radius 3 is 2.48 bits per heavy atom. The molecular formula is C33H30N12O. The molecule has 0 radical (unpaired) electrons. The van der Waals surface area contributed by atoms with Gasteiger partial charge in [-0.05, 0) is 54.8 Å². The summed E-state index contributed by atoms with van der Waals surface area (Å²) in [4.78, 5) is 33.6. The molecule has 1 aliphatic rings. The van der Waals surface area contributed by atoms with Crippen LogP contribution in [0.2, 0.25) is 0 Å². The maximum atomic E-state index is 9.07. The lowest BCUT2D eigenvalue weighted by atomic mass is 10.0. The van der Waals surface area contributed by atoms with E-state index in [1.54, 1.807) is 38.0 Å². The first-order valence-electron chi connectivity index (χ1n) is 14.9. The molecule has 13 heteroatoms. The smallest absolute Gasteiger partial charge is 0.234 e. The third kappa shape index (κ3) is 5.89. The molecule has 0 unspecified atom stereocenters. The van der Waals surface area contributed by atoms with E-state index in [0.717, 1.165) is 49.4 Å². The van der Waals surface area contributed by atoms with Crippen LogP contribution in [0, 0.1) is 11.3 Å². The molecule has 0 atom stereocenters. The monoisotopic (exact) mass is 610 g/mol. The van der Waals surface area contributed by atoms with Gasteiger partial charge in [0.1, 0.15) is 23.1 Å². The second kappa shape index (κ2) is 12.5. The van der Waals surface area contributed by atoms with Gasteiger partial charge in [0, 0.05) is 67.8 Å². The van der Waals surface area contributed by atoms with Crippen molar-refractivity contribution < 1.29 is 4.74 Å². The largest absolute Gasteiger partial charge is 0.481 e. The molecule has 0 spiro atoms. The number of hydrogen-bond donors (Lipinski definition) is 2. The van der Waals surface area contributed by atoms with Crippen molar-refractivity contribution in [3.63, 3.8) is 0 Å². The van der Waals surface area contributed by atoms with Gasteiger partial charge in [0.15, 0.2) is 17.3 Å². The minimum Gasteiger partial charge on any atom is -0.481 e. The topological polar surface area (TPSA) is 169 Å². The molecule has 0 bridgehead atoms. The molecular weight excluding hydrogens is 580 g/mol. The summed E-state index contributed by atoms with van der Waals surface area (Å²) >= 11 is 0. The molecule has 0 saturated carbocycles. The van der Waals surface area contributed by atoms with Crippen molar-refractivity contribution in [3.8, 4) is 40.4 Å². The van der Waals surface area contributed by atoms with Crippen LogP contribution >= 0.6 is 0 Å². The molecule has 0 aliphatic carbocycles. The van der Waals surface area contributed by atoms with Crippen LogP contribution in [0.3, 0.4) is 0 Å². The highest BCUT2D eigenvalue weighted by molar-refractivity contribution is 5.83. The third-order valence-corrected chi connectivity index (χ3v) is 7.98. The Bertz CT molecular complexity index is 2030. The van der Waals surface area contributed by atoms with Crippen molar-refractivity contribution in [1.29, 1.82) is 5.26 Å². The number of nitrogens with two attached hydrogens (primary N) is 1. The Labute approximate surface area is 264 Å². The minimum atomic E-state index is 0.174. The molecule has 5 aromatic heterocycles. The first kappa shape index (κ1) is 28.8. The summed E-state index contributed by atoms with van der Waals surface area (Å²) in [6.07, 6.45) is 8.47. The Morgan fingerprint density at radius 2 is 1.74 bits per heavy atom. The molecule has 3 N–H and O–H groups in total. The summed E-state index contributed by atoms with van der Waals surface area (Å²) in [5.41, 5.74) is 11.8. The van der Waals surface area contributed by atoms with Gasteiger partial charge in [-0.3, -0.25) is 9.47 Å². The van der Waals surface area contributed by atoms with Crippen molar-refractivity contribution in [2.45, 2.75) is 25.4 Å². The molecule has 0 amide bonds. The van der Waals surface area contributed by atoms with E-state index in [-0.39, 0.29) is 5.82 Å². The number of nitriles is 1. The molecule has 1 aromatic carbocycles. The van der Waals surface area contributed by atoms with E-state index in [9.17, 15) is 0 Å². The van der Waals surface area contributed by atoms with Crippen LogP contribution < -0.4 is 15.8 Å². The number of piperidine rings is 1. The van der Waals surface area contributed by atoms with Gasteiger partial charge in [-0.2, -0.15) is 5.26 Å². The van der Waals surface area contributed by atoms with Crippen LogP contribution in [-0.2, 0) is 6.54 Å². The van der Waals surface area contributed by atoms with Gasteiger partial charge in [0.25, 0.3) is 0 Å². The van der Waals surface area contributed by atoms with E-state index in [0.29, 0.717) is 46.2 Å². The van der Waals surface area contributed by atoms with Crippen molar-refractivity contribution in [2.24, 2.45) is 0 Å². The number of imidazole rings is 1. The number of methoxy groups -OCH3 is 1. The lowest BCUT2D eigenvalue weighted by molar-refractivity contribution is 0.211. The fourth-order valence-corrected chi connectivity index (χ4v) is 5.64. The number of ether oxygens (including phenoxy) is 1. The van der Waals surface area contributed by atoms with Crippen molar-refractivity contribution in [1.82, 2.24) is 44.4 Å². The van der Waals surface area contributed by atoms with E-state index >= 15 is 0 Å². The number of likely N-dealkylation sites (tertiary alicyclic amines) is 1. The van der Waals surface area contributed by atoms with Gasteiger partial charge >= 0.3 is 0 Å². The van der Waals surface area contributed by atoms with Gasteiger partial charge in [0.2, 0.25) is 11.7 Å². The normalized spacial score (nSPS) is 13.8. The highest BCUT2D eigenvalue weighted by atomic mass is 16.5. The van der Waals surface area contributed by atoms with Crippen LogP contribution in [0.1, 0.15) is 24.2 Å². The average Bonchev–Trinajstić information content (AvgIpc) is 3.48. The predicted octanol–water partition coefficient (Wildman–Crippen LogP) is 4.27. The number of fused-ring (bicyclic) bond motifs is 1. The van der Waals surface area contributed by atoms with E-state index in [1.165, 1.54) is 5.56 Å². The van der Waals surface area contributed by atoms with Crippen LogP contribution in [0.5, 0.6) is 5.88 Å². The van der Waals surface area contributed by atoms with Gasteiger partial charge < -0.3 is 15.8 Å². The summed E-state index contributed by atoms with van der Waals surface area (Å²) in [5, 5.41) is 12.5. The molecule has 6 aromatic rings. The highest BCUT2D eigenvalue weighted by Crippen LogP contribution is 2.31. The van der Waals surface area contributed by atoms with Crippen molar-refractivity contribution in [2.75, 3.05) is 31.2 Å². The van der Waals surface area contributed by atoms with Crippen molar-refractivity contribution >= 4 is 22.8 Å². The Balaban J connectivity index is 1.13. The summed E-state index contributed by atoms with van der Waals surface area (Å²) in [5.74, 6) is 2.25. The van der Waals surface area contributed by atoms with Gasteiger partial charge in [-0.15, -0.1) is 0 Å². The summed E-state index contributed by atoms with van der Waals surface area (Å²) in [7, 11) is 1.59. The molecule has 46 heavy (non-hydrogen) atoms. The summed E-state index contributed by atoms with van der Waals surface area (Å²) in [6.45, 7) is 2.73. The van der Waals surface area contributed by atoms with Crippen LogP contribution in [0.15, 0.2) is 79.4 Å². The van der Waals surface area contributed by atoms with Gasteiger partial charge in [0.05, 0.1) is 12.8 Å². The number of rotatable bonds is 8. The molecule has 7 rings (SSSR count).